The van der Waals surface area contributed by atoms with Gasteiger partial charge >= 0.3 is 0 Å². The van der Waals surface area contributed by atoms with Crippen LogP contribution in [0.15, 0.2) is 0 Å². The van der Waals surface area contributed by atoms with Crippen LogP contribution in [0, 0.1) is 29.1 Å². The molecule has 0 bridgehead atoms. The Morgan fingerprint density at radius 1 is 1.14 bits per heavy atom. The molecule has 2 heteroatoms. The maximum Gasteiger partial charge on any atom is 0.0950 e. The average Bonchev–Trinajstić information content (AvgIpc) is 2.11. The van der Waals surface area contributed by atoms with Crippen molar-refractivity contribution in [1.29, 1.82) is 5.26 Å². The van der Waals surface area contributed by atoms with Crippen LogP contribution >= 0.6 is 0 Å². The van der Waals surface area contributed by atoms with E-state index in [9.17, 15) is 0 Å². The Hall–Kier alpha value is -0.550. The van der Waals surface area contributed by atoms with Crippen molar-refractivity contribution in [3.05, 3.63) is 0 Å². The number of hydrogen-bond acceptors (Lipinski definition) is 2. The van der Waals surface area contributed by atoms with E-state index in [2.05, 4.69) is 39.1 Å². The predicted molar refractivity (Wildman–Crippen MR) is 60.9 cm³/mol. The lowest BCUT2D eigenvalue weighted by molar-refractivity contribution is 0.271. The molecule has 0 aromatic carbocycles. The molecule has 0 spiro atoms. The van der Waals surface area contributed by atoms with Crippen LogP contribution in [0.2, 0.25) is 0 Å². The first kappa shape index (κ1) is 13.4. The van der Waals surface area contributed by atoms with Gasteiger partial charge in [0.25, 0.3) is 0 Å². The fourth-order valence-electron chi connectivity index (χ4n) is 1.80. The zero-order valence-corrected chi connectivity index (χ0v) is 10.2. The van der Waals surface area contributed by atoms with Crippen LogP contribution in [0.25, 0.3) is 0 Å². The largest absolute Gasteiger partial charge is 0.302 e. The molecule has 0 saturated carbocycles. The minimum absolute atomic E-state index is 0.0231. The van der Waals surface area contributed by atoms with Crippen molar-refractivity contribution in [2.45, 2.75) is 47.1 Å². The maximum atomic E-state index is 8.80. The molecule has 0 radical (unpaired) electrons. The Balaban J connectivity index is 4.01. The Kier molecular flexibility index (Phi) is 6.57. The summed E-state index contributed by atoms with van der Waals surface area (Å²) in [6, 6.07) is 2.30. The highest BCUT2D eigenvalue weighted by Gasteiger charge is 2.18. The van der Waals surface area contributed by atoms with Crippen LogP contribution in [0.5, 0.6) is 0 Å². The lowest BCUT2D eigenvalue weighted by Gasteiger charge is -2.26. The quantitative estimate of drug-likeness (QED) is 0.709. The van der Waals surface area contributed by atoms with Gasteiger partial charge in [0.05, 0.1) is 12.1 Å². The standard InChI is InChI=1S/C12H24N2/c1-6-11(7-13)14-8-12(9(2)3)10(4)5/h9-12,14H,6,8H2,1-5H3. The first-order chi connectivity index (χ1) is 6.52. The van der Waals surface area contributed by atoms with Crippen LogP contribution in [0.3, 0.4) is 0 Å². The number of hydrogen-bond donors (Lipinski definition) is 1. The normalized spacial score (nSPS) is 13.6. The summed E-state index contributed by atoms with van der Waals surface area (Å²) in [4.78, 5) is 0. The number of nitrogens with one attached hydrogen (secondary N) is 1. The lowest BCUT2D eigenvalue weighted by atomic mass is 9.85. The van der Waals surface area contributed by atoms with E-state index >= 15 is 0 Å². The molecule has 0 rings (SSSR count). The predicted octanol–water partition coefficient (Wildman–Crippen LogP) is 2.81. The van der Waals surface area contributed by atoms with Gasteiger partial charge in [0.2, 0.25) is 0 Å². The lowest BCUT2D eigenvalue weighted by Crippen LogP contribution is -2.35. The topological polar surface area (TPSA) is 35.8 Å². The molecule has 1 N–H and O–H groups in total. The van der Waals surface area contributed by atoms with Gasteiger partial charge in [0.15, 0.2) is 0 Å². The van der Waals surface area contributed by atoms with Crippen LogP contribution in [-0.4, -0.2) is 12.6 Å². The van der Waals surface area contributed by atoms with E-state index in [0.717, 1.165) is 13.0 Å². The Bertz CT molecular complexity index is 171. The molecule has 0 aliphatic carbocycles. The van der Waals surface area contributed by atoms with Gasteiger partial charge in [0, 0.05) is 0 Å². The van der Waals surface area contributed by atoms with E-state index in [1.54, 1.807) is 0 Å². The zero-order chi connectivity index (χ0) is 11.1. The summed E-state index contributed by atoms with van der Waals surface area (Å²) in [6.45, 7) is 12.0. The first-order valence-electron chi connectivity index (χ1n) is 5.65. The van der Waals surface area contributed by atoms with Crippen molar-refractivity contribution in [3.63, 3.8) is 0 Å². The van der Waals surface area contributed by atoms with Crippen molar-refractivity contribution < 1.29 is 0 Å². The molecule has 0 amide bonds. The van der Waals surface area contributed by atoms with Gasteiger partial charge in [-0.2, -0.15) is 5.26 Å². The summed E-state index contributed by atoms with van der Waals surface area (Å²) in [6.07, 6.45) is 0.888. The van der Waals surface area contributed by atoms with Crippen molar-refractivity contribution in [3.8, 4) is 6.07 Å². The minimum atomic E-state index is 0.0231. The molecule has 1 atom stereocenters. The third-order valence-electron chi connectivity index (χ3n) is 2.88. The molecule has 0 heterocycles. The Morgan fingerprint density at radius 2 is 1.64 bits per heavy atom. The van der Waals surface area contributed by atoms with Crippen molar-refractivity contribution in [2.75, 3.05) is 6.54 Å². The second-order valence-corrected chi connectivity index (χ2v) is 4.65. The molecular formula is C12H24N2. The van der Waals surface area contributed by atoms with Crippen LogP contribution in [0.1, 0.15) is 41.0 Å². The van der Waals surface area contributed by atoms with E-state index in [1.165, 1.54) is 0 Å². The Morgan fingerprint density at radius 3 is 1.93 bits per heavy atom. The Labute approximate surface area is 88.7 Å². The van der Waals surface area contributed by atoms with E-state index in [0.29, 0.717) is 17.8 Å². The average molecular weight is 196 g/mol. The van der Waals surface area contributed by atoms with Crippen molar-refractivity contribution in [2.24, 2.45) is 17.8 Å². The molecule has 0 fully saturated rings. The van der Waals surface area contributed by atoms with Gasteiger partial charge in [-0.3, -0.25) is 0 Å². The molecule has 82 valence electrons. The summed E-state index contributed by atoms with van der Waals surface area (Å²) >= 11 is 0. The molecule has 0 aromatic rings. The first-order valence-corrected chi connectivity index (χ1v) is 5.65. The highest BCUT2D eigenvalue weighted by Crippen LogP contribution is 2.19. The summed E-state index contributed by atoms with van der Waals surface area (Å²) < 4.78 is 0. The monoisotopic (exact) mass is 196 g/mol. The van der Waals surface area contributed by atoms with Crippen LogP contribution < -0.4 is 5.32 Å². The molecule has 0 aliphatic heterocycles. The van der Waals surface area contributed by atoms with Gasteiger partial charge in [0.1, 0.15) is 0 Å². The van der Waals surface area contributed by atoms with Crippen LogP contribution in [0.4, 0.5) is 0 Å². The maximum absolute atomic E-state index is 8.80. The third-order valence-corrected chi connectivity index (χ3v) is 2.88. The zero-order valence-electron chi connectivity index (χ0n) is 10.2. The van der Waals surface area contributed by atoms with E-state index < -0.39 is 0 Å². The fourth-order valence-corrected chi connectivity index (χ4v) is 1.80. The molecule has 2 nitrogen and oxygen atoms in total. The van der Waals surface area contributed by atoms with Crippen molar-refractivity contribution >= 4 is 0 Å². The molecule has 14 heavy (non-hydrogen) atoms. The van der Waals surface area contributed by atoms with Gasteiger partial charge in [-0.05, 0) is 30.7 Å². The highest BCUT2D eigenvalue weighted by atomic mass is 14.9. The van der Waals surface area contributed by atoms with E-state index in [-0.39, 0.29) is 6.04 Å². The van der Waals surface area contributed by atoms with E-state index in [4.69, 9.17) is 5.26 Å². The number of nitrogens with zero attached hydrogens (tertiary/aromatic N) is 1. The number of nitriles is 1. The second-order valence-electron chi connectivity index (χ2n) is 4.65. The summed E-state index contributed by atoms with van der Waals surface area (Å²) in [5.41, 5.74) is 0. The molecule has 0 aromatic heterocycles. The highest BCUT2D eigenvalue weighted by molar-refractivity contribution is 4.89. The van der Waals surface area contributed by atoms with Gasteiger partial charge in [-0.25, -0.2) is 0 Å². The van der Waals surface area contributed by atoms with Gasteiger partial charge < -0.3 is 5.32 Å². The summed E-state index contributed by atoms with van der Waals surface area (Å²) in [5, 5.41) is 12.1. The second kappa shape index (κ2) is 6.84. The van der Waals surface area contributed by atoms with Gasteiger partial charge in [-0.15, -0.1) is 0 Å². The minimum Gasteiger partial charge on any atom is -0.302 e. The third kappa shape index (κ3) is 4.62. The van der Waals surface area contributed by atoms with Crippen LogP contribution in [-0.2, 0) is 0 Å². The summed E-state index contributed by atoms with van der Waals surface area (Å²) in [5.74, 6) is 2.02. The summed E-state index contributed by atoms with van der Waals surface area (Å²) in [7, 11) is 0. The van der Waals surface area contributed by atoms with E-state index in [1.807, 2.05) is 6.92 Å². The molecule has 0 aliphatic rings. The number of rotatable bonds is 6. The smallest absolute Gasteiger partial charge is 0.0950 e. The SMILES string of the molecule is CCC(C#N)NCC(C(C)C)C(C)C. The molecule has 0 saturated heterocycles. The molecule has 1 unspecified atom stereocenters. The van der Waals surface area contributed by atoms with Crippen molar-refractivity contribution in [1.82, 2.24) is 5.32 Å². The molecular weight excluding hydrogens is 172 g/mol. The van der Waals surface area contributed by atoms with Gasteiger partial charge in [-0.1, -0.05) is 34.6 Å². The fraction of sp³-hybridized carbons (Fsp3) is 0.917.